The van der Waals surface area contributed by atoms with Crippen LogP contribution in [0.25, 0.3) is 0 Å². The van der Waals surface area contributed by atoms with Crippen molar-refractivity contribution in [3.63, 3.8) is 0 Å². The average Bonchev–Trinajstić information content (AvgIpc) is 3.06. The first-order chi connectivity index (χ1) is 11.7. The molecular weight excluding hydrogens is 302 g/mol. The van der Waals surface area contributed by atoms with Crippen molar-refractivity contribution in [1.82, 2.24) is 15.3 Å². The van der Waals surface area contributed by atoms with Crippen molar-refractivity contribution in [2.24, 2.45) is 0 Å². The molecule has 5 heteroatoms. The van der Waals surface area contributed by atoms with E-state index in [9.17, 15) is 0 Å². The molecule has 0 spiro atoms. The Kier molecular flexibility index (Phi) is 5.23. The molecule has 3 rings (SSSR count). The molecule has 0 aliphatic rings. The van der Waals surface area contributed by atoms with Crippen molar-refractivity contribution >= 4 is 0 Å². The fourth-order valence-electron chi connectivity index (χ4n) is 2.36. The van der Waals surface area contributed by atoms with Crippen molar-refractivity contribution in [3.8, 4) is 5.75 Å². The fraction of sp³-hybridized carbons (Fsp3) is 0.263. The Morgan fingerprint density at radius 2 is 2.04 bits per heavy atom. The zero-order valence-electron chi connectivity index (χ0n) is 13.9. The van der Waals surface area contributed by atoms with E-state index in [1.165, 1.54) is 0 Å². The van der Waals surface area contributed by atoms with E-state index in [4.69, 9.17) is 9.15 Å². The van der Waals surface area contributed by atoms with Crippen LogP contribution in [-0.2, 0) is 13.2 Å². The number of hydrogen-bond acceptors (Lipinski definition) is 5. The molecule has 0 fully saturated rings. The number of para-hydroxylation sites is 1. The van der Waals surface area contributed by atoms with Gasteiger partial charge in [0.25, 0.3) is 0 Å². The molecule has 0 saturated heterocycles. The van der Waals surface area contributed by atoms with Crippen LogP contribution in [0, 0.1) is 6.92 Å². The second-order valence-corrected chi connectivity index (χ2v) is 5.67. The lowest BCUT2D eigenvalue weighted by Crippen LogP contribution is -2.18. The van der Waals surface area contributed by atoms with Crippen LogP contribution >= 0.6 is 0 Å². The van der Waals surface area contributed by atoms with Gasteiger partial charge in [0.15, 0.2) is 0 Å². The molecule has 1 atom stereocenters. The van der Waals surface area contributed by atoms with E-state index in [-0.39, 0.29) is 6.04 Å². The third-order valence-corrected chi connectivity index (χ3v) is 3.70. The molecule has 3 aromatic rings. The number of benzene rings is 1. The van der Waals surface area contributed by atoms with Crippen molar-refractivity contribution in [3.05, 3.63) is 77.8 Å². The Labute approximate surface area is 141 Å². The minimum Gasteiger partial charge on any atom is -0.489 e. The van der Waals surface area contributed by atoms with Crippen molar-refractivity contribution in [2.75, 3.05) is 0 Å². The number of aromatic nitrogens is 2. The fourth-order valence-corrected chi connectivity index (χ4v) is 2.36. The summed E-state index contributed by atoms with van der Waals surface area (Å²) in [6.07, 6.45) is 5.31. The lowest BCUT2D eigenvalue weighted by Gasteiger charge is -2.14. The molecule has 0 aliphatic heterocycles. The minimum absolute atomic E-state index is 0.0325. The molecule has 2 heterocycles. The van der Waals surface area contributed by atoms with Crippen LogP contribution in [0.4, 0.5) is 0 Å². The molecule has 1 N–H and O–H groups in total. The topological polar surface area (TPSA) is 60.2 Å². The SMILES string of the molecule is Cc1cnc(C(C)NCc2ccccc2OCc2cccnc2)o1. The summed E-state index contributed by atoms with van der Waals surface area (Å²) in [6.45, 7) is 5.10. The molecule has 24 heavy (non-hydrogen) atoms. The molecule has 0 amide bonds. The van der Waals surface area contributed by atoms with Gasteiger partial charge in [0.2, 0.25) is 5.89 Å². The van der Waals surface area contributed by atoms with E-state index in [0.29, 0.717) is 19.0 Å². The zero-order chi connectivity index (χ0) is 16.8. The van der Waals surface area contributed by atoms with Gasteiger partial charge in [0, 0.05) is 30.1 Å². The molecule has 124 valence electrons. The van der Waals surface area contributed by atoms with Crippen molar-refractivity contribution in [2.45, 2.75) is 33.0 Å². The van der Waals surface area contributed by atoms with Crippen molar-refractivity contribution < 1.29 is 9.15 Å². The maximum absolute atomic E-state index is 5.95. The van der Waals surface area contributed by atoms with Crippen LogP contribution in [-0.4, -0.2) is 9.97 Å². The van der Waals surface area contributed by atoms with Crippen LogP contribution in [0.5, 0.6) is 5.75 Å². The third kappa shape index (κ3) is 4.20. The monoisotopic (exact) mass is 323 g/mol. The molecule has 2 aromatic heterocycles. The molecule has 0 bridgehead atoms. The van der Waals surface area contributed by atoms with Crippen LogP contribution < -0.4 is 10.1 Å². The van der Waals surface area contributed by atoms with E-state index in [0.717, 1.165) is 22.6 Å². The van der Waals surface area contributed by atoms with Gasteiger partial charge in [-0.3, -0.25) is 4.98 Å². The predicted molar refractivity (Wildman–Crippen MR) is 91.5 cm³/mol. The molecule has 0 saturated carbocycles. The van der Waals surface area contributed by atoms with Crippen molar-refractivity contribution in [1.29, 1.82) is 0 Å². The molecule has 1 aromatic carbocycles. The normalized spacial score (nSPS) is 12.1. The Bertz CT molecular complexity index is 771. The zero-order valence-corrected chi connectivity index (χ0v) is 13.9. The highest BCUT2D eigenvalue weighted by atomic mass is 16.5. The number of nitrogens with one attached hydrogen (secondary N) is 1. The summed E-state index contributed by atoms with van der Waals surface area (Å²) in [5.41, 5.74) is 2.14. The Morgan fingerprint density at radius 1 is 1.17 bits per heavy atom. The van der Waals surface area contributed by atoms with Gasteiger partial charge >= 0.3 is 0 Å². The van der Waals surface area contributed by atoms with Crippen LogP contribution in [0.3, 0.4) is 0 Å². The molecule has 0 aliphatic carbocycles. The summed E-state index contributed by atoms with van der Waals surface area (Å²) in [7, 11) is 0. The number of hydrogen-bond donors (Lipinski definition) is 1. The van der Waals surface area contributed by atoms with E-state index in [1.807, 2.05) is 50.4 Å². The van der Waals surface area contributed by atoms with Gasteiger partial charge in [-0.1, -0.05) is 24.3 Å². The number of aryl methyl sites for hydroxylation is 1. The summed E-state index contributed by atoms with van der Waals surface area (Å²) in [4.78, 5) is 8.36. The summed E-state index contributed by atoms with van der Waals surface area (Å²) < 4.78 is 11.5. The standard InChI is InChI=1S/C19H21N3O2/c1-14-10-22-19(24-14)15(2)21-12-17-7-3-4-8-18(17)23-13-16-6-5-9-20-11-16/h3-11,15,21H,12-13H2,1-2H3. The molecule has 5 nitrogen and oxygen atoms in total. The van der Waals surface area contributed by atoms with Crippen LogP contribution in [0.1, 0.15) is 35.7 Å². The van der Waals surface area contributed by atoms with E-state index in [1.54, 1.807) is 12.4 Å². The van der Waals surface area contributed by atoms with Gasteiger partial charge in [-0.25, -0.2) is 4.98 Å². The second kappa shape index (κ2) is 7.75. The summed E-state index contributed by atoms with van der Waals surface area (Å²) >= 11 is 0. The van der Waals surface area contributed by atoms with Gasteiger partial charge < -0.3 is 14.5 Å². The van der Waals surface area contributed by atoms with E-state index < -0.39 is 0 Å². The first-order valence-electron chi connectivity index (χ1n) is 7.97. The third-order valence-electron chi connectivity index (χ3n) is 3.70. The number of nitrogens with zero attached hydrogens (tertiary/aromatic N) is 2. The smallest absolute Gasteiger partial charge is 0.211 e. The van der Waals surface area contributed by atoms with Gasteiger partial charge in [0.1, 0.15) is 18.1 Å². The number of pyridine rings is 1. The van der Waals surface area contributed by atoms with Gasteiger partial charge in [-0.15, -0.1) is 0 Å². The highest BCUT2D eigenvalue weighted by molar-refractivity contribution is 5.33. The maximum atomic E-state index is 5.95. The lowest BCUT2D eigenvalue weighted by atomic mass is 10.2. The first-order valence-corrected chi connectivity index (χ1v) is 7.97. The van der Waals surface area contributed by atoms with Gasteiger partial charge in [-0.05, 0) is 26.0 Å². The first kappa shape index (κ1) is 16.2. The molecule has 0 radical (unpaired) electrons. The minimum atomic E-state index is 0.0325. The number of oxazole rings is 1. The van der Waals surface area contributed by atoms with Crippen LogP contribution in [0.2, 0.25) is 0 Å². The predicted octanol–water partition coefficient (Wildman–Crippen LogP) is 3.81. The summed E-state index contributed by atoms with van der Waals surface area (Å²) in [6, 6.07) is 12.0. The maximum Gasteiger partial charge on any atom is 0.211 e. The highest BCUT2D eigenvalue weighted by Gasteiger charge is 2.12. The molecule has 1 unspecified atom stereocenters. The van der Waals surface area contributed by atoms with E-state index >= 15 is 0 Å². The Balaban J connectivity index is 1.61. The second-order valence-electron chi connectivity index (χ2n) is 5.67. The van der Waals surface area contributed by atoms with Gasteiger partial charge in [0.05, 0.1) is 12.2 Å². The number of rotatable bonds is 7. The largest absolute Gasteiger partial charge is 0.489 e. The highest BCUT2D eigenvalue weighted by Crippen LogP contribution is 2.21. The number of ether oxygens (including phenoxy) is 1. The van der Waals surface area contributed by atoms with Crippen LogP contribution in [0.15, 0.2) is 59.4 Å². The Morgan fingerprint density at radius 3 is 2.79 bits per heavy atom. The molecular formula is C19H21N3O2. The summed E-state index contributed by atoms with van der Waals surface area (Å²) in [5.74, 6) is 2.38. The van der Waals surface area contributed by atoms with Gasteiger partial charge in [-0.2, -0.15) is 0 Å². The summed E-state index contributed by atoms with van der Waals surface area (Å²) in [5, 5.41) is 3.42. The average molecular weight is 323 g/mol. The quantitative estimate of drug-likeness (QED) is 0.716. The lowest BCUT2D eigenvalue weighted by molar-refractivity contribution is 0.300. The Hall–Kier alpha value is -2.66. The van der Waals surface area contributed by atoms with E-state index in [2.05, 4.69) is 21.4 Å².